The van der Waals surface area contributed by atoms with E-state index in [1.54, 1.807) is 6.26 Å². The highest BCUT2D eigenvalue weighted by atomic mass is 16.3. The Labute approximate surface area is 152 Å². The molecule has 1 aliphatic carbocycles. The van der Waals surface area contributed by atoms with Crippen LogP contribution in [0.25, 0.3) is 0 Å². The van der Waals surface area contributed by atoms with Crippen LogP contribution in [0.5, 0.6) is 0 Å². The molecule has 26 heavy (non-hydrogen) atoms. The van der Waals surface area contributed by atoms with Crippen molar-refractivity contribution in [3.63, 3.8) is 0 Å². The standard InChI is InChI=1S/C19H24N4O3/c1-13-18-15(11-14(12-16(18)25)17-3-2-10-26-17)21-19(20-13)23-6-4-22(5-7-23)8-9-24/h2-3,10,14,24H,4-9,11-12H2,1H3/p+1/t14-/m0/s1. The van der Waals surface area contributed by atoms with E-state index in [2.05, 4.69) is 9.88 Å². The number of Topliss-reactive ketones (excluding diaryl/α,β-unsaturated/α-hetero) is 1. The minimum Gasteiger partial charge on any atom is -0.469 e. The van der Waals surface area contributed by atoms with Crippen molar-refractivity contribution in [3.05, 3.63) is 41.1 Å². The fourth-order valence-electron chi connectivity index (χ4n) is 4.06. The molecule has 4 rings (SSSR count). The second-order valence-corrected chi connectivity index (χ2v) is 7.19. The SMILES string of the molecule is Cc1nc(N2CC[NH+](CCO)CC2)nc2c1C(=O)C[C@@H](c1ccco1)C2. The third kappa shape index (κ3) is 3.24. The van der Waals surface area contributed by atoms with Crippen molar-refractivity contribution >= 4 is 11.7 Å². The molecule has 0 aromatic carbocycles. The molecule has 0 radical (unpaired) electrons. The van der Waals surface area contributed by atoms with Crippen LogP contribution in [-0.2, 0) is 6.42 Å². The molecule has 2 aromatic heterocycles. The van der Waals surface area contributed by atoms with E-state index in [1.807, 2.05) is 19.1 Å². The molecule has 2 aliphatic rings. The van der Waals surface area contributed by atoms with Gasteiger partial charge >= 0.3 is 0 Å². The van der Waals surface area contributed by atoms with Gasteiger partial charge in [-0.25, -0.2) is 9.97 Å². The van der Waals surface area contributed by atoms with Crippen LogP contribution >= 0.6 is 0 Å². The summed E-state index contributed by atoms with van der Waals surface area (Å²) < 4.78 is 5.52. The van der Waals surface area contributed by atoms with E-state index < -0.39 is 0 Å². The summed E-state index contributed by atoms with van der Waals surface area (Å²) in [4.78, 5) is 25.7. The maximum Gasteiger partial charge on any atom is 0.226 e. The Morgan fingerprint density at radius 1 is 1.31 bits per heavy atom. The Hall–Kier alpha value is -2.25. The minimum atomic E-state index is 0.0537. The molecule has 2 N–H and O–H groups in total. The van der Waals surface area contributed by atoms with Crippen LogP contribution in [0, 0.1) is 6.92 Å². The topological polar surface area (TPSA) is 83.9 Å². The number of fused-ring (bicyclic) bond motifs is 1. The molecule has 0 bridgehead atoms. The van der Waals surface area contributed by atoms with E-state index in [9.17, 15) is 4.79 Å². The number of nitrogens with one attached hydrogen (secondary N) is 1. The van der Waals surface area contributed by atoms with Gasteiger partial charge in [-0.15, -0.1) is 0 Å². The summed E-state index contributed by atoms with van der Waals surface area (Å²) in [6.07, 6.45) is 2.81. The number of aliphatic hydroxyl groups excluding tert-OH is 1. The quantitative estimate of drug-likeness (QED) is 0.801. The van der Waals surface area contributed by atoms with Gasteiger partial charge in [-0.3, -0.25) is 4.79 Å². The molecule has 7 nitrogen and oxygen atoms in total. The lowest BCUT2D eigenvalue weighted by Crippen LogP contribution is -3.15. The summed E-state index contributed by atoms with van der Waals surface area (Å²) in [5.74, 6) is 1.73. The maximum atomic E-state index is 12.7. The zero-order chi connectivity index (χ0) is 18.1. The van der Waals surface area contributed by atoms with Gasteiger partial charge in [-0.05, 0) is 19.1 Å². The Balaban J connectivity index is 1.57. The number of furan rings is 1. The van der Waals surface area contributed by atoms with Gasteiger partial charge in [0.05, 0.1) is 56.0 Å². The van der Waals surface area contributed by atoms with Gasteiger partial charge in [-0.1, -0.05) is 0 Å². The molecule has 0 unspecified atom stereocenters. The molecule has 3 heterocycles. The van der Waals surface area contributed by atoms with E-state index >= 15 is 0 Å². The van der Waals surface area contributed by atoms with Gasteiger partial charge in [0, 0.05) is 18.8 Å². The predicted octanol–water partition coefficient (Wildman–Crippen LogP) is -0.0121. The van der Waals surface area contributed by atoms with Gasteiger partial charge in [0.15, 0.2) is 5.78 Å². The predicted molar refractivity (Wildman–Crippen MR) is 95.7 cm³/mol. The van der Waals surface area contributed by atoms with Gasteiger partial charge in [0.25, 0.3) is 0 Å². The smallest absolute Gasteiger partial charge is 0.226 e. The van der Waals surface area contributed by atoms with Gasteiger partial charge < -0.3 is 19.3 Å². The average molecular weight is 357 g/mol. The van der Waals surface area contributed by atoms with E-state index in [4.69, 9.17) is 14.5 Å². The molecule has 2 aromatic rings. The normalized spacial score (nSPS) is 21.1. The fraction of sp³-hybridized carbons (Fsp3) is 0.526. The number of hydrogen-bond acceptors (Lipinski definition) is 6. The van der Waals surface area contributed by atoms with Crippen molar-refractivity contribution in [1.29, 1.82) is 0 Å². The van der Waals surface area contributed by atoms with Crippen molar-refractivity contribution in [3.8, 4) is 0 Å². The number of ketones is 1. The highest BCUT2D eigenvalue weighted by Crippen LogP contribution is 2.33. The van der Waals surface area contributed by atoms with Crippen LogP contribution in [0.15, 0.2) is 22.8 Å². The number of hydrogen-bond donors (Lipinski definition) is 2. The Kier molecular flexibility index (Phi) is 4.74. The van der Waals surface area contributed by atoms with Crippen molar-refractivity contribution in [2.45, 2.75) is 25.7 Å². The molecular formula is C19H25N4O3+. The number of piperazine rings is 1. The average Bonchev–Trinajstić information content (AvgIpc) is 3.16. The summed E-state index contributed by atoms with van der Waals surface area (Å²) in [5, 5.41) is 9.10. The molecule has 0 spiro atoms. The molecule has 0 saturated carbocycles. The Morgan fingerprint density at radius 2 is 2.12 bits per heavy atom. The van der Waals surface area contributed by atoms with Gasteiger partial charge in [-0.2, -0.15) is 0 Å². The zero-order valence-corrected chi connectivity index (χ0v) is 15.1. The van der Waals surface area contributed by atoms with Crippen LogP contribution in [0.3, 0.4) is 0 Å². The first kappa shape index (κ1) is 17.2. The highest BCUT2D eigenvalue weighted by molar-refractivity contribution is 5.99. The zero-order valence-electron chi connectivity index (χ0n) is 15.1. The summed E-state index contributed by atoms with van der Waals surface area (Å²) in [7, 11) is 0. The van der Waals surface area contributed by atoms with Crippen LogP contribution in [0.4, 0.5) is 5.95 Å². The van der Waals surface area contributed by atoms with E-state index in [-0.39, 0.29) is 18.3 Å². The molecule has 0 amide bonds. The highest BCUT2D eigenvalue weighted by Gasteiger charge is 2.32. The summed E-state index contributed by atoms with van der Waals surface area (Å²) in [5.41, 5.74) is 2.31. The van der Waals surface area contributed by atoms with Crippen molar-refractivity contribution in [1.82, 2.24) is 9.97 Å². The molecule has 1 fully saturated rings. The second-order valence-electron chi connectivity index (χ2n) is 7.19. The van der Waals surface area contributed by atoms with Gasteiger partial charge in [0.1, 0.15) is 12.3 Å². The number of nitrogens with zero attached hydrogens (tertiary/aromatic N) is 3. The Bertz CT molecular complexity index is 782. The number of aryl methyl sites for hydroxylation is 1. The fourth-order valence-corrected chi connectivity index (χ4v) is 4.06. The maximum absolute atomic E-state index is 12.7. The Morgan fingerprint density at radius 3 is 2.81 bits per heavy atom. The number of quaternary nitrogens is 1. The number of anilines is 1. The minimum absolute atomic E-state index is 0.0537. The van der Waals surface area contributed by atoms with Crippen LogP contribution in [0.2, 0.25) is 0 Å². The molecule has 1 saturated heterocycles. The van der Waals surface area contributed by atoms with E-state index in [0.717, 1.165) is 55.8 Å². The largest absolute Gasteiger partial charge is 0.469 e. The lowest BCUT2D eigenvalue weighted by molar-refractivity contribution is -0.900. The number of aliphatic hydroxyl groups is 1. The molecular weight excluding hydrogens is 332 g/mol. The number of aromatic nitrogens is 2. The van der Waals surface area contributed by atoms with Crippen LogP contribution < -0.4 is 9.80 Å². The summed E-state index contributed by atoms with van der Waals surface area (Å²) in [6, 6.07) is 3.79. The first-order valence-electron chi connectivity index (χ1n) is 9.29. The third-order valence-corrected chi connectivity index (χ3v) is 5.47. The van der Waals surface area contributed by atoms with Crippen molar-refractivity contribution in [2.24, 2.45) is 0 Å². The van der Waals surface area contributed by atoms with Crippen LogP contribution in [-0.4, -0.2) is 60.2 Å². The molecule has 1 atom stereocenters. The molecule has 138 valence electrons. The molecule has 1 aliphatic heterocycles. The summed E-state index contributed by atoms with van der Waals surface area (Å²) in [6.45, 7) is 6.58. The lowest BCUT2D eigenvalue weighted by Gasteiger charge is -2.33. The monoisotopic (exact) mass is 357 g/mol. The van der Waals surface area contributed by atoms with Crippen LogP contribution in [0.1, 0.15) is 39.8 Å². The first-order chi connectivity index (χ1) is 12.7. The van der Waals surface area contributed by atoms with Crippen molar-refractivity contribution in [2.75, 3.05) is 44.2 Å². The number of rotatable bonds is 4. The molecule has 7 heteroatoms. The third-order valence-electron chi connectivity index (χ3n) is 5.47. The van der Waals surface area contributed by atoms with E-state index in [0.29, 0.717) is 18.4 Å². The summed E-state index contributed by atoms with van der Waals surface area (Å²) >= 11 is 0. The number of carbonyl (C=O) groups excluding carboxylic acids is 1. The lowest BCUT2D eigenvalue weighted by atomic mass is 9.84. The number of carbonyl (C=O) groups is 1. The van der Waals surface area contributed by atoms with Gasteiger partial charge in [0.2, 0.25) is 5.95 Å². The van der Waals surface area contributed by atoms with Crippen molar-refractivity contribution < 1.29 is 19.2 Å². The second kappa shape index (κ2) is 7.17. The van der Waals surface area contributed by atoms with E-state index in [1.165, 1.54) is 4.90 Å². The first-order valence-corrected chi connectivity index (χ1v) is 9.29.